The van der Waals surface area contributed by atoms with Crippen LogP contribution in [0.1, 0.15) is 5.56 Å². The van der Waals surface area contributed by atoms with E-state index in [1.807, 2.05) is 12.1 Å². The van der Waals surface area contributed by atoms with Gasteiger partial charge in [0.15, 0.2) is 0 Å². The van der Waals surface area contributed by atoms with Crippen molar-refractivity contribution in [2.45, 2.75) is 11.4 Å². The molecule has 0 aliphatic heterocycles. The van der Waals surface area contributed by atoms with Crippen LogP contribution in [0.3, 0.4) is 0 Å². The number of rotatable bonds is 5. The number of nitrogens with one attached hydrogen (secondary N) is 1. The monoisotopic (exact) mass is 464 g/mol. The summed E-state index contributed by atoms with van der Waals surface area (Å²) in [6, 6.07) is 18.3. The lowest BCUT2D eigenvalue weighted by Crippen LogP contribution is -2.14. The Kier molecular flexibility index (Phi) is 5.40. The average Bonchev–Trinajstić information content (AvgIpc) is 3.00. The molecule has 0 bridgehead atoms. The average molecular weight is 465 g/mol. The highest BCUT2D eigenvalue weighted by molar-refractivity contribution is 7.92. The van der Waals surface area contributed by atoms with Crippen molar-refractivity contribution in [2.24, 2.45) is 0 Å². The first-order chi connectivity index (χ1) is 13.8. The zero-order valence-electron chi connectivity index (χ0n) is 14.8. The van der Waals surface area contributed by atoms with Gasteiger partial charge in [0.05, 0.1) is 21.7 Å². The van der Waals surface area contributed by atoms with Gasteiger partial charge in [-0.2, -0.15) is 0 Å². The molecule has 9 heteroatoms. The number of fused-ring (bicyclic) bond motifs is 1. The largest absolute Gasteiger partial charge is 0.308 e. The van der Waals surface area contributed by atoms with Crippen molar-refractivity contribution in [2.75, 3.05) is 4.72 Å². The molecule has 148 valence electrons. The van der Waals surface area contributed by atoms with Gasteiger partial charge in [-0.1, -0.05) is 46.7 Å². The van der Waals surface area contributed by atoms with E-state index in [4.69, 9.17) is 23.2 Å². The number of hydrogen-bond donors (Lipinski definition) is 1. The zero-order chi connectivity index (χ0) is 20.6. The minimum absolute atomic E-state index is 0.0832. The minimum Gasteiger partial charge on any atom is -0.294 e. The molecule has 1 N–H and O–H groups in total. The third kappa shape index (κ3) is 4.33. The number of benzene rings is 3. The highest BCUT2D eigenvalue weighted by Crippen LogP contribution is 2.25. The number of nitrogens with zero attached hydrogens (tertiary/aromatic N) is 1. The molecule has 0 aliphatic rings. The summed E-state index contributed by atoms with van der Waals surface area (Å²) in [6.45, 7) is 0.380. The SMILES string of the molecule is O=c1sc2cc(S(=O)(=O)Nc3ccc(Cl)cc3)ccc2n1Cc1ccc(Cl)cc1. The molecule has 0 aliphatic carbocycles. The molecule has 0 radical (unpaired) electrons. The lowest BCUT2D eigenvalue weighted by atomic mass is 10.2. The normalized spacial score (nSPS) is 11.7. The van der Waals surface area contributed by atoms with Gasteiger partial charge in [0, 0.05) is 15.7 Å². The Bertz CT molecular complexity index is 1340. The fraction of sp³-hybridized carbons (Fsp3) is 0.0500. The maximum Gasteiger partial charge on any atom is 0.308 e. The van der Waals surface area contributed by atoms with Crippen LogP contribution >= 0.6 is 34.5 Å². The molecule has 1 heterocycles. The van der Waals surface area contributed by atoms with E-state index in [0.717, 1.165) is 16.9 Å². The second-order valence-corrected chi connectivity index (χ2v) is 9.87. The summed E-state index contributed by atoms with van der Waals surface area (Å²) in [5.41, 5.74) is 2.01. The summed E-state index contributed by atoms with van der Waals surface area (Å²) >= 11 is 12.8. The first-order valence-corrected chi connectivity index (χ1v) is 11.5. The van der Waals surface area contributed by atoms with Gasteiger partial charge in [0.25, 0.3) is 10.0 Å². The van der Waals surface area contributed by atoms with Crippen molar-refractivity contribution in [3.8, 4) is 0 Å². The van der Waals surface area contributed by atoms with E-state index in [0.29, 0.717) is 32.5 Å². The zero-order valence-corrected chi connectivity index (χ0v) is 17.9. The van der Waals surface area contributed by atoms with Gasteiger partial charge >= 0.3 is 4.87 Å². The summed E-state index contributed by atoms with van der Waals surface area (Å²) in [6.07, 6.45) is 0. The van der Waals surface area contributed by atoms with Gasteiger partial charge in [-0.25, -0.2) is 8.42 Å². The van der Waals surface area contributed by atoms with Crippen LogP contribution in [-0.2, 0) is 16.6 Å². The molecule has 0 saturated carbocycles. The molecule has 0 amide bonds. The molecule has 5 nitrogen and oxygen atoms in total. The maximum absolute atomic E-state index is 12.7. The third-order valence-electron chi connectivity index (χ3n) is 4.30. The molecule has 4 aromatic rings. The first-order valence-electron chi connectivity index (χ1n) is 8.48. The topological polar surface area (TPSA) is 68.2 Å². The molecule has 4 rings (SSSR count). The minimum atomic E-state index is -3.80. The van der Waals surface area contributed by atoms with Gasteiger partial charge in [0.2, 0.25) is 0 Å². The molecule has 29 heavy (non-hydrogen) atoms. The Hall–Kier alpha value is -2.32. The fourth-order valence-electron chi connectivity index (χ4n) is 2.87. The Morgan fingerprint density at radius 2 is 1.52 bits per heavy atom. The highest BCUT2D eigenvalue weighted by atomic mass is 35.5. The molecule has 0 unspecified atom stereocenters. The van der Waals surface area contributed by atoms with Crippen LogP contribution < -0.4 is 9.60 Å². The van der Waals surface area contributed by atoms with Crippen LogP contribution in [0.25, 0.3) is 10.2 Å². The number of hydrogen-bond acceptors (Lipinski definition) is 4. The third-order valence-corrected chi connectivity index (χ3v) is 7.13. The Morgan fingerprint density at radius 1 is 0.897 bits per heavy atom. The molecule has 1 aromatic heterocycles. The van der Waals surface area contributed by atoms with Crippen LogP contribution in [-0.4, -0.2) is 13.0 Å². The second kappa shape index (κ2) is 7.84. The van der Waals surface area contributed by atoms with Crippen molar-refractivity contribution in [3.63, 3.8) is 0 Å². The second-order valence-electron chi connectivity index (χ2n) is 6.32. The summed E-state index contributed by atoms with van der Waals surface area (Å²) in [4.78, 5) is 12.4. The number of halogens is 2. The van der Waals surface area contributed by atoms with Crippen molar-refractivity contribution in [3.05, 3.63) is 92.0 Å². The van der Waals surface area contributed by atoms with Crippen molar-refractivity contribution >= 4 is 60.5 Å². The molecular weight excluding hydrogens is 451 g/mol. The molecule has 3 aromatic carbocycles. The van der Waals surface area contributed by atoms with Crippen LogP contribution in [0.5, 0.6) is 0 Å². The van der Waals surface area contributed by atoms with Crippen molar-refractivity contribution in [1.29, 1.82) is 0 Å². The molecule has 0 atom stereocenters. The van der Waals surface area contributed by atoms with E-state index >= 15 is 0 Å². The first kappa shape index (κ1) is 20.0. The van der Waals surface area contributed by atoms with Crippen LogP contribution in [0.4, 0.5) is 5.69 Å². The van der Waals surface area contributed by atoms with E-state index < -0.39 is 10.0 Å². The maximum atomic E-state index is 12.7. The Labute approximate surface area is 181 Å². The van der Waals surface area contributed by atoms with Crippen LogP contribution in [0.2, 0.25) is 10.0 Å². The van der Waals surface area contributed by atoms with Gasteiger partial charge in [-0.3, -0.25) is 14.1 Å². The van der Waals surface area contributed by atoms with E-state index in [-0.39, 0.29) is 9.77 Å². The van der Waals surface area contributed by atoms with Crippen LogP contribution in [0.15, 0.2) is 76.4 Å². The standard InChI is InChI=1S/C20H14Cl2N2O3S2/c21-14-3-1-13(2-4-14)12-24-18-10-9-17(11-19(18)28-20(24)25)29(26,27)23-16-7-5-15(22)6-8-16/h1-11,23H,12H2. The smallest absolute Gasteiger partial charge is 0.294 e. The summed E-state index contributed by atoms with van der Waals surface area (Å²) in [5.74, 6) is 0. The van der Waals surface area contributed by atoms with Gasteiger partial charge in [0.1, 0.15) is 0 Å². The number of aromatic nitrogens is 1. The van der Waals surface area contributed by atoms with Gasteiger partial charge in [-0.05, 0) is 60.2 Å². The molecule has 0 fully saturated rings. The quantitative estimate of drug-likeness (QED) is 0.440. The lowest BCUT2D eigenvalue weighted by molar-refractivity contribution is 0.601. The van der Waals surface area contributed by atoms with E-state index in [1.54, 1.807) is 47.0 Å². The van der Waals surface area contributed by atoms with Crippen molar-refractivity contribution < 1.29 is 8.42 Å². The van der Waals surface area contributed by atoms with E-state index in [1.165, 1.54) is 12.1 Å². The summed E-state index contributed by atoms with van der Waals surface area (Å²) in [5, 5.41) is 1.14. The highest BCUT2D eigenvalue weighted by Gasteiger charge is 2.17. The fourth-order valence-corrected chi connectivity index (χ4v) is 5.21. The predicted molar refractivity (Wildman–Crippen MR) is 119 cm³/mol. The van der Waals surface area contributed by atoms with Gasteiger partial charge in [-0.15, -0.1) is 0 Å². The molecular formula is C20H14Cl2N2O3S2. The molecule has 0 spiro atoms. The van der Waals surface area contributed by atoms with Gasteiger partial charge < -0.3 is 0 Å². The lowest BCUT2D eigenvalue weighted by Gasteiger charge is -2.09. The molecule has 0 saturated heterocycles. The number of sulfonamides is 1. The summed E-state index contributed by atoms with van der Waals surface area (Å²) in [7, 11) is -3.80. The predicted octanol–water partition coefficient (Wildman–Crippen LogP) is 5.22. The number of thiazole rings is 1. The Morgan fingerprint density at radius 3 is 2.17 bits per heavy atom. The van der Waals surface area contributed by atoms with E-state index in [9.17, 15) is 13.2 Å². The van der Waals surface area contributed by atoms with Crippen LogP contribution in [0, 0.1) is 0 Å². The Balaban J connectivity index is 1.67. The number of anilines is 1. The van der Waals surface area contributed by atoms with Crippen molar-refractivity contribution in [1.82, 2.24) is 4.57 Å². The van der Waals surface area contributed by atoms with E-state index in [2.05, 4.69) is 4.72 Å². The summed E-state index contributed by atoms with van der Waals surface area (Å²) < 4.78 is 30.1.